The highest BCUT2D eigenvalue weighted by molar-refractivity contribution is 5.93. The summed E-state index contributed by atoms with van der Waals surface area (Å²) in [7, 11) is 0. The maximum absolute atomic E-state index is 12.5. The van der Waals surface area contributed by atoms with Crippen LogP contribution >= 0.6 is 0 Å². The van der Waals surface area contributed by atoms with Crippen molar-refractivity contribution in [1.82, 2.24) is 14.9 Å². The molecule has 2 N–H and O–H groups in total. The topological polar surface area (TPSA) is 102 Å². The molecule has 0 unspecified atom stereocenters. The van der Waals surface area contributed by atoms with Crippen LogP contribution in [0, 0.1) is 0 Å². The van der Waals surface area contributed by atoms with E-state index in [-0.39, 0.29) is 24.9 Å². The van der Waals surface area contributed by atoms with Crippen LogP contribution in [-0.2, 0) is 6.54 Å². The highest BCUT2D eigenvalue weighted by Gasteiger charge is 2.17. The van der Waals surface area contributed by atoms with Gasteiger partial charge in [0.25, 0.3) is 11.5 Å². The Morgan fingerprint density at radius 2 is 2.04 bits per heavy atom. The number of nitrogens with zero attached hydrogens (tertiary/aromatic N) is 1. The second-order valence-electron chi connectivity index (χ2n) is 5.71. The Kier molecular flexibility index (Phi) is 4.11. The fraction of sp³-hybridized carbons (Fsp3) is 0.312. The molecule has 0 aliphatic carbocycles. The van der Waals surface area contributed by atoms with Gasteiger partial charge >= 0.3 is 5.69 Å². The highest BCUT2D eigenvalue weighted by atomic mass is 16.7. The average molecular weight is 331 g/mol. The lowest BCUT2D eigenvalue weighted by molar-refractivity contribution is 0.0940. The smallest absolute Gasteiger partial charge is 0.328 e. The van der Waals surface area contributed by atoms with Gasteiger partial charge in [0.05, 0.1) is 6.54 Å². The number of carbonyl (C=O) groups is 1. The molecule has 1 aliphatic heterocycles. The molecule has 1 amide bonds. The van der Waals surface area contributed by atoms with Gasteiger partial charge in [-0.05, 0) is 31.5 Å². The van der Waals surface area contributed by atoms with E-state index in [1.165, 1.54) is 0 Å². The minimum Gasteiger partial charge on any atom is -0.454 e. The molecule has 3 rings (SSSR count). The number of H-pyrrole nitrogens is 1. The number of rotatable bonds is 4. The number of aromatic nitrogens is 2. The van der Waals surface area contributed by atoms with E-state index in [9.17, 15) is 14.4 Å². The van der Waals surface area contributed by atoms with Crippen molar-refractivity contribution in [1.29, 1.82) is 0 Å². The van der Waals surface area contributed by atoms with Crippen LogP contribution < -0.4 is 26.0 Å². The number of fused-ring (bicyclic) bond motifs is 1. The molecule has 1 aromatic carbocycles. The number of hydrogen-bond donors (Lipinski definition) is 2. The summed E-state index contributed by atoms with van der Waals surface area (Å²) in [5.41, 5.74) is -0.648. The van der Waals surface area contributed by atoms with Crippen molar-refractivity contribution < 1.29 is 14.3 Å². The minimum absolute atomic E-state index is 0.0214. The van der Waals surface area contributed by atoms with Crippen LogP contribution in [0.5, 0.6) is 11.5 Å². The summed E-state index contributed by atoms with van der Waals surface area (Å²) in [6.07, 6.45) is 1.14. The molecule has 2 aromatic rings. The van der Waals surface area contributed by atoms with Crippen molar-refractivity contribution in [2.75, 3.05) is 6.79 Å². The van der Waals surface area contributed by atoms with Crippen molar-refractivity contribution in [3.05, 3.63) is 56.4 Å². The van der Waals surface area contributed by atoms with Gasteiger partial charge in [-0.15, -0.1) is 0 Å². The summed E-state index contributed by atoms with van der Waals surface area (Å²) >= 11 is 0. The van der Waals surface area contributed by atoms with Crippen LogP contribution in [0.1, 0.15) is 29.8 Å². The Bertz CT molecular complexity index is 897. The number of carbonyl (C=O) groups excluding carboxylic acids is 1. The average Bonchev–Trinajstić information content (AvgIpc) is 2.98. The van der Waals surface area contributed by atoms with E-state index in [0.29, 0.717) is 17.1 Å². The van der Waals surface area contributed by atoms with E-state index < -0.39 is 17.2 Å². The first-order valence-corrected chi connectivity index (χ1v) is 7.47. The first kappa shape index (κ1) is 15.9. The molecule has 8 nitrogen and oxygen atoms in total. The van der Waals surface area contributed by atoms with Gasteiger partial charge in [0.1, 0.15) is 5.56 Å². The molecule has 0 spiro atoms. The molecular weight excluding hydrogens is 314 g/mol. The van der Waals surface area contributed by atoms with Gasteiger partial charge in [-0.2, -0.15) is 0 Å². The summed E-state index contributed by atoms with van der Waals surface area (Å²) < 4.78 is 11.5. The van der Waals surface area contributed by atoms with E-state index in [0.717, 1.165) is 10.8 Å². The van der Waals surface area contributed by atoms with Crippen molar-refractivity contribution >= 4 is 5.91 Å². The Labute approximate surface area is 137 Å². The Morgan fingerprint density at radius 3 is 2.79 bits per heavy atom. The van der Waals surface area contributed by atoms with Gasteiger partial charge in [0, 0.05) is 12.2 Å². The minimum atomic E-state index is -0.644. The van der Waals surface area contributed by atoms with Crippen LogP contribution in [0.15, 0.2) is 34.0 Å². The van der Waals surface area contributed by atoms with E-state index in [1.54, 1.807) is 32.0 Å². The molecule has 24 heavy (non-hydrogen) atoms. The van der Waals surface area contributed by atoms with Crippen LogP contribution in [-0.4, -0.2) is 28.3 Å². The summed E-state index contributed by atoms with van der Waals surface area (Å²) in [6, 6.07) is 5.03. The fourth-order valence-electron chi connectivity index (χ4n) is 2.38. The van der Waals surface area contributed by atoms with Crippen LogP contribution in [0.25, 0.3) is 0 Å². The zero-order chi connectivity index (χ0) is 17.3. The Hall–Kier alpha value is -3.03. The zero-order valence-corrected chi connectivity index (χ0v) is 13.3. The molecule has 0 radical (unpaired) electrons. The van der Waals surface area contributed by atoms with E-state index in [4.69, 9.17) is 9.47 Å². The van der Waals surface area contributed by atoms with Crippen molar-refractivity contribution in [3.8, 4) is 11.5 Å². The predicted molar refractivity (Wildman–Crippen MR) is 85.6 cm³/mol. The second-order valence-corrected chi connectivity index (χ2v) is 5.71. The predicted octanol–water partition coefficient (Wildman–Crippen LogP) is 0.452. The standard InChI is InChI=1S/C16H17N3O5/c1-9(2)18-14(20)11-6-17-16(22)19(15(11)21)7-10-3-4-12-13(5-10)24-8-23-12/h3-6,9H,7-8H2,1-2H3,(H,17,22)(H,18,20). The molecule has 1 aromatic heterocycles. The van der Waals surface area contributed by atoms with Crippen molar-refractivity contribution in [3.63, 3.8) is 0 Å². The van der Waals surface area contributed by atoms with Crippen molar-refractivity contribution in [2.24, 2.45) is 0 Å². The van der Waals surface area contributed by atoms with E-state index >= 15 is 0 Å². The first-order valence-electron chi connectivity index (χ1n) is 7.47. The summed E-state index contributed by atoms with van der Waals surface area (Å²) in [5, 5.41) is 2.63. The largest absolute Gasteiger partial charge is 0.454 e. The number of ether oxygens (including phenoxy) is 2. The third-order valence-corrected chi connectivity index (χ3v) is 3.50. The third kappa shape index (κ3) is 3.03. The lowest BCUT2D eigenvalue weighted by Gasteiger charge is -2.10. The molecular formula is C16H17N3O5. The maximum atomic E-state index is 12.5. The number of amides is 1. The van der Waals surface area contributed by atoms with Crippen LogP contribution in [0.2, 0.25) is 0 Å². The normalized spacial score (nSPS) is 12.5. The molecule has 1 aliphatic rings. The molecule has 8 heteroatoms. The molecule has 0 fully saturated rings. The van der Waals surface area contributed by atoms with Gasteiger partial charge in [-0.25, -0.2) is 4.79 Å². The monoisotopic (exact) mass is 331 g/mol. The quantitative estimate of drug-likeness (QED) is 0.847. The third-order valence-electron chi connectivity index (χ3n) is 3.50. The second kappa shape index (κ2) is 6.23. The number of hydrogen-bond acceptors (Lipinski definition) is 5. The molecule has 0 saturated carbocycles. The molecule has 0 atom stereocenters. The van der Waals surface area contributed by atoms with Gasteiger partial charge in [0.2, 0.25) is 6.79 Å². The first-order chi connectivity index (χ1) is 11.5. The highest BCUT2D eigenvalue weighted by Crippen LogP contribution is 2.32. The van der Waals surface area contributed by atoms with Gasteiger partial charge in [-0.1, -0.05) is 6.07 Å². The Balaban J connectivity index is 1.94. The summed E-state index contributed by atoms with van der Waals surface area (Å²) in [4.78, 5) is 39.0. The fourth-order valence-corrected chi connectivity index (χ4v) is 2.38. The Morgan fingerprint density at radius 1 is 1.29 bits per heavy atom. The SMILES string of the molecule is CC(C)NC(=O)c1c[nH]c(=O)n(Cc2ccc3c(c2)OCO3)c1=O. The van der Waals surface area contributed by atoms with Gasteiger partial charge < -0.3 is 19.8 Å². The summed E-state index contributed by atoms with van der Waals surface area (Å²) in [6.45, 7) is 3.74. The maximum Gasteiger partial charge on any atom is 0.328 e. The number of aromatic amines is 1. The molecule has 126 valence electrons. The molecule has 2 heterocycles. The lowest BCUT2D eigenvalue weighted by Crippen LogP contribution is -2.42. The molecule has 0 saturated heterocycles. The van der Waals surface area contributed by atoms with E-state index in [1.807, 2.05) is 0 Å². The van der Waals surface area contributed by atoms with Gasteiger partial charge in [-0.3, -0.25) is 14.2 Å². The number of nitrogens with one attached hydrogen (secondary N) is 2. The van der Waals surface area contributed by atoms with Crippen LogP contribution in [0.4, 0.5) is 0 Å². The molecule has 0 bridgehead atoms. The van der Waals surface area contributed by atoms with Crippen molar-refractivity contribution in [2.45, 2.75) is 26.4 Å². The number of benzene rings is 1. The van der Waals surface area contributed by atoms with Crippen LogP contribution in [0.3, 0.4) is 0 Å². The lowest BCUT2D eigenvalue weighted by atomic mass is 10.2. The van der Waals surface area contributed by atoms with Gasteiger partial charge in [0.15, 0.2) is 11.5 Å². The summed E-state index contributed by atoms with van der Waals surface area (Å²) in [5.74, 6) is 0.654. The van der Waals surface area contributed by atoms with E-state index in [2.05, 4.69) is 10.3 Å². The zero-order valence-electron chi connectivity index (χ0n) is 13.3.